The number of aliphatic hydroxyl groups excluding tert-OH is 1. The van der Waals surface area contributed by atoms with Gasteiger partial charge in [-0.2, -0.15) is 0 Å². The van der Waals surface area contributed by atoms with Gasteiger partial charge in [-0.25, -0.2) is 0 Å². The quantitative estimate of drug-likeness (QED) is 0.623. The lowest BCUT2D eigenvalue weighted by molar-refractivity contribution is 0.146. The number of aliphatic hydroxyl groups is 1. The topological polar surface area (TPSA) is 20.2 Å². The summed E-state index contributed by atoms with van der Waals surface area (Å²) in [5.41, 5.74) is 2.33. The molecule has 1 aliphatic carbocycles. The van der Waals surface area contributed by atoms with Crippen molar-refractivity contribution in [1.82, 2.24) is 0 Å². The zero-order valence-corrected chi connectivity index (χ0v) is 6.90. The molecular formula is C11H12O. The summed E-state index contributed by atoms with van der Waals surface area (Å²) in [6, 6.07) is 8.04. The minimum absolute atomic E-state index is 0.211. The Balaban J connectivity index is 2.41. The normalized spacial score (nSPS) is 26.8. The minimum atomic E-state index is -0.335. The molecule has 0 saturated heterocycles. The Morgan fingerprint density at radius 2 is 2.17 bits per heavy atom. The molecule has 62 valence electrons. The Kier molecular flexibility index (Phi) is 1.74. The van der Waals surface area contributed by atoms with E-state index in [-0.39, 0.29) is 12.0 Å². The van der Waals surface area contributed by atoms with Gasteiger partial charge >= 0.3 is 0 Å². The highest BCUT2D eigenvalue weighted by molar-refractivity contribution is 5.35. The first-order valence-electron chi connectivity index (χ1n) is 4.21. The van der Waals surface area contributed by atoms with Crippen molar-refractivity contribution in [2.45, 2.75) is 12.5 Å². The lowest BCUT2D eigenvalue weighted by Crippen LogP contribution is -2.02. The zero-order valence-electron chi connectivity index (χ0n) is 6.90. The molecule has 0 bridgehead atoms. The molecule has 1 heteroatoms. The van der Waals surface area contributed by atoms with E-state index in [4.69, 9.17) is 0 Å². The van der Waals surface area contributed by atoms with Crippen LogP contribution in [0.1, 0.15) is 17.2 Å². The Bertz CT molecular complexity index is 304. The van der Waals surface area contributed by atoms with Gasteiger partial charge in [-0.3, -0.25) is 0 Å². The molecule has 0 amide bonds. The van der Waals surface area contributed by atoms with E-state index in [1.165, 1.54) is 5.56 Å². The second-order valence-corrected chi connectivity index (χ2v) is 3.25. The third-order valence-electron chi connectivity index (χ3n) is 2.54. The molecule has 0 radical (unpaired) electrons. The molecule has 2 unspecified atom stereocenters. The fraction of sp³-hybridized carbons (Fsp3) is 0.273. The van der Waals surface area contributed by atoms with E-state index in [0.717, 1.165) is 12.0 Å². The fourth-order valence-corrected chi connectivity index (χ4v) is 1.82. The van der Waals surface area contributed by atoms with Crippen LogP contribution in [0.4, 0.5) is 0 Å². The third-order valence-corrected chi connectivity index (χ3v) is 2.54. The Labute approximate surface area is 72.4 Å². The highest BCUT2D eigenvalue weighted by Gasteiger charge is 2.27. The average Bonchev–Trinajstić information content (AvgIpc) is 2.44. The highest BCUT2D eigenvalue weighted by Crippen LogP contribution is 2.35. The highest BCUT2D eigenvalue weighted by atomic mass is 16.3. The van der Waals surface area contributed by atoms with Crippen molar-refractivity contribution in [3.8, 4) is 0 Å². The molecule has 2 atom stereocenters. The molecule has 0 aliphatic heterocycles. The summed E-state index contributed by atoms with van der Waals surface area (Å²) >= 11 is 0. The standard InChI is InChI=1S/C11H12O/c1-2-8-7-9-5-3-4-6-10(9)11(8)12/h2-6,8,11-12H,1,7H2. The first-order chi connectivity index (χ1) is 5.83. The molecule has 0 spiro atoms. The van der Waals surface area contributed by atoms with Crippen LogP contribution in [-0.4, -0.2) is 5.11 Å². The van der Waals surface area contributed by atoms with Crippen LogP contribution in [0.5, 0.6) is 0 Å². The van der Waals surface area contributed by atoms with Crippen LogP contribution in [0.3, 0.4) is 0 Å². The van der Waals surface area contributed by atoms with Crippen molar-refractivity contribution in [2.75, 3.05) is 0 Å². The zero-order chi connectivity index (χ0) is 8.55. The Hall–Kier alpha value is -1.08. The molecule has 1 N–H and O–H groups in total. The average molecular weight is 160 g/mol. The van der Waals surface area contributed by atoms with Crippen LogP contribution in [-0.2, 0) is 6.42 Å². The van der Waals surface area contributed by atoms with Crippen LogP contribution in [0, 0.1) is 5.92 Å². The number of benzene rings is 1. The van der Waals surface area contributed by atoms with Gasteiger partial charge in [0.15, 0.2) is 0 Å². The molecule has 0 saturated carbocycles. The molecule has 12 heavy (non-hydrogen) atoms. The second kappa shape index (κ2) is 2.76. The Morgan fingerprint density at radius 1 is 1.42 bits per heavy atom. The molecule has 2 rings (SSSR count). The summed E-state index contributed by atoms with van der Waals surface area (Å²) in [7, 11) is 0. The van der Waals surface area contributed by atoms with Gasteiger partial charge in [0.05, 0.1) is 6.10 Å². The van der Waals surface area contributed by atoms with Crippen LogP contribution >= 0.6 is 0 Å². The van der Waals surface area contributed by atoms with E-state index < -0.39 is 0 Å². The predicted molar refractivity (Wildman–Crippen MR) is 48.8 cm³/mol. The molecular weight excluding hydrogens is 148 g/mol. The van der Waals surface area contributed by atoms with Gasteiger partial charge in [-0.15, -0.1) is 6.58 Å². The summed E-state index contributed by atoms with van der Waals surface area (Å²) in [6.07, 6.45) is 2.43. The SMILES string of the molecule is C=CC1Cc2ccccc2C1O. The maximum absolute atomic E-state index is 9.77. The van der Waals surface area contributed by atoms with Crippen molar-refractivity contribution < 1.29 is 5.11 Å². The fourth-order valence-electron chi connectivity index (χ4n) is 1.82. The molecule has 0 aromatic heterocycles. The van der Waals surface area contributed by atoms with Crippen LogP contribution in [0.15, 0.2) is 36.9 Å². The summed E-state index contributed by atoms with van der Waals surface area (Å²) in [5.74, 6) is 0.211. The van der Waals surface area contributed by atoms with Gasteiger partial charge in [-0.05, 0) is 17.5 Å². The number of hydrogen-bond donors (Lipinski definition) is 1. The first kappa shape index (κ1) is 7.56. The van der Waals surface area contributed by atoms with Crippen molar-refractivity contribution >= 4 is 0 Å². The summed E-state index contributed by atoms with van der Waals surface area (Å²) < 4.78 is 0. The predicted octanol–water partition coefficient (Wildman–Crippen LogP) is 2.08. The van der Waals surface area contributed by atoms with E-state index in [1.54, 1.807) is 0 Å². The monoisotopic (exact) mass is 160 g/mol. The lowest BCUT2D eigenvalue weighted by atomic mass is 10.0. The van der Waals surface area contributed by atoms with E-state index in [2.05, 4.69) is 12.6 Å². The lowest BCUT2D eigenvalue weighted by Gasteiger charge is -2.08. The first-order valence-corrected chi connectivity index (χ1v) is 4.21. The molecule has 1 aliphatic rings. The van der Waals surface area contributed by atoms with Crippen molar-refractivity contribution in [2.24, 2.45) is 5.92 Å². The van der Waals surface area contributed by atoms with Gasteiger partial charge in [0.1, 0.15) is 0 Å². The number of hydrogen-bond acceptors (Lipinski definition) is 1. The van der Waals surface area contributed by atoms with Crippen LogP contribution in [0.2, 0.25) is 0 Å². The van der Waals surface area contributed by atoms with Crippen molar-refractivity contribution in [1.29, 1.82) is 0 Å². The maximum atomic E-state index is 9.77. The van der Waals surface area contributed by atoms with E-state index >= 15 is 0 Å². The van der Waals surface area contributed by atoms with Gasteiger partial charge < -0.3 is 5.11 Å². The van der Waals surface area contributed by atoms with Crippen LogP contribution < -0.4 is 0 Å². The summed E-state index contributed by atoms with van der Waals surface area (Å²) in [5, 5.41) is 9.77. The molecule has 0 heterocycles. The smallest absolute Gasteiger partial charge is 0.0858 e. The molecule has 1 nitrogen and oxygen atoms in total. The van der Waals surface area contributed by atoms with E-state index in [1.807, 2.05) is 24.3 Å². The van der Waals surface area contributed by atoms with Gasteiger partial charge in [0.2, 0.25) is 0 Å². The van der Waals surface area contributed by atoms with E-state index in [0.29, 0.717) is 0 Å². The summed E-state index contributed by atoms with van der Waals surface area (Å²) in [6.45, 7) is 3.72. The maximum Gasteiger partial charge on any atom is 0.0858 e. The summed E-state index contributed by atoms with van der Waals surface area (Å²) in [4.78, 5) is 0. The Morgan fingerprint density at radius 3 is 2.83 bits per heavy atom. The largest absolute Gasteiger partial charge is 0.388 e. The van der Waals surface area contributed by atoms with Gasteiger partial charge in [-0.1, -0.05) is 30.3 Å². The molecule has 1 aromatic rings. The van der Waals surface area contributed by atoms with Gasteiger partial charge in [0, 0.05) is 5.92 Å². The number of fused-ring (bicyclic) bond motifs is 1. The molecule has 0 fully saturated rings. The van der Waals surface area contributed by atoms with Crippen molar-refractivity contribution in [3.05, 3.63) is 48.0 Å². The van der Waals surface area contributed by atoms with Crippen molar-refractivity contribution in [3.63, 3.8) is 0 Å². The minimum Gasteiger partial charge on any atom is -0.388 e. The van der Waals surface area contributed by atoms with Crippen LogP contribution in [0.25, 0.3) is 0 Å². The molecule has 1 aromatic carbocycles. The third kappa shape index (κ3) is 0.978. The second-order valence-electron chi connectivity index (χ2n) is 3.25. The van der Waals surface area contributed by atoms with Gasteiger partial charge in [0.25, 0.3) is 0 Å². The number of rotatable bonds is 1. The van der Waals surface area contributed by atoms with E-state index in [9.17, 15) is 5.11 Å².